The summed E-state index contributed by atoms with van der Waals surface area (Å²) in [5.74, 6) is -0.416. The molecule has 1 amide bonds. The Morgan fingerprint density at radius 3 is 2.75 bits per heavy atom. The third-order valence-corrected chi connectivity index (χ3v) is 2.38. The van der Waals surface area contributed by atoms with Crippen molar-refractivity contribution in [2.24, 2.45) is 0 Å². The molecule has 2 rings (SSSR count). The minimum Gasteiger partial charge on any atom is -0.454 e. The van der Waals surface area contributed by atoms with Gasteiger partial charge in [-0.2, -0.15) is 8.78 Å². The third kappa shape index (κ3) is 2.34. The molecule has 7 heteroatoms. The molecule has 0 fully saturated rings. The van der Waals surface area contributed by atoms with Gasteiger partial charge in [-0.05, 0) is 12.1 Å². The molecule has 1 aromatic rings. The SMILES string of the molecule is O=C(Nc1ccc2c(c1)OCO2)C(F)(F)I. The van der Waals surface area contributed by atoms with Gasteiger partial charge in [0.2, 0.25) is 6.79 Å². The van der Waals surface area contributed by atoms with Crippen molar-refractivity contribution in [3.8, 4) is 11.5 Å². The molecule has 1 aliphatic rings. The van der Waals surface area contributed by atoms with E-state index in [4.69, 9.17) is 9.47 Å². The molecular formula is C9H6F2INO3. The van der Waals surface area contributed by atoms with Crippen molar-refractivity contribution in [1.29, 1.82) is 0 Å². The number of fused-ring (bicyclic) bond motifs is 1. The van der Waals surface area contributed by atoms with Gasteiger partial charge in [0, 0.05) is 34.3 Å². The summed E-state index contributed by atoms with van der Waals surface area (Å²) < 4.78 is 31.8. The summed E-state index contributed by atoms with van der Waals surface area (Å²) >= 11 is 0.765. The maximum Gasteiger partial charge on any atom is 0.372 e. The number of anilines is 1. The molecule has 1 aromatic carbocycles. The van der Waals surface area contributed by atoms with Crippen LogP contribution in [0.15, 0.2) is 18.2 Å². The molecule has 0 spiro atoms. The molecule has 0 atom stereocenters. The van der Waals surface area contributed by atoms with Crippen molar-refractivity contribution in [2.45, 2.75) is 3.93 Å². The monoisotopic (exact) mass is 341 g/mol. The van der Waals surface area contributed by atoms with Gasteiger partial charge < -0.3 is 14.8 Å². The van der Waals surface area contributed by atoms with Gasteiger partial charge in [0.05, 0.1) is 0 Å². The Morgan fingerprint density at radius 1 is 1.38 bits per heavy atom. The zero-order chi connectivity index (χ0) is 11.8. The number of ether oxygens (including phenoxy) is 2. The van der Waals surface area contributed by atoms with Gasteiger partial charge >= 0.3 is 9.84 Å². The lowest BCUT2D eigenvalue weighted by molar-refractivity contribution is -0.127. The smallest absolute Gasteiger partial charge is 0.372 e. The Labute approximate surface area is 103 Å². The van der Waals surface area contributed by atoms with Crippen molar-refractivity contribution in [3.63, 3.8) is 0 Å². The molecule has 0 aromatic heterocycles. The van der Waals surface area contributed by atoms with E-state index in [-0.39, 0.29) is 12.5 Å². The highest BCUT2D eigenvalue weighted by atomic mass is 127. The lowest BCUT2D eigenvalue weighted by Crippen LogP contribution is -2.28. The predicted molar refractivity (Wildman–Crippen MR) is 60.2 cm³/mol. The summed E-state index contributed by atoms with van der Waals surface area (Å²) in [4.78, 5) is 11.0. The molecule has 0 radical (unpaired) electrons. The van der Waals surface area contributed by atoms with E-state index in [0.29, 0.717) is 11.5 Å². The lowest BCUT2D eigenvalue weighted by Gasteiger charge is -2.09. The van der Waals surface area contributed by atoms with E-state index in [2.05, 4.69) is 5.32 Å². The van der Waals surface area contributed by atoms with Crippen LogP contribution in [-0.2, 0) is 4.79 Å². The number of amides is 1. The molecule has 86 valence electrons. The molecule has 1 aliphatic heterocycles. The third-order valence-electron chi connectivity index (χ3n) is 1.89. The van der Waals surface area contributed by atoms with Crippen molar-refractivity contribution >= 4 is 34.2 Å². The van der Waals surface area contributed by atoms with Gasteiger partial charge in [-0.15, -0.1) is 0 Å². The fraction of sp³-hybridized carbons (Fsp3) is 0.222. The number of hydrogen-bond acceptors (Lipinski definition) is 3. The average Bonchev–Trinajstić information content (AvgIpc) is 2.63. The Kier molecular flexibility index (Phi) is 2.87. The first kappa shape index (κ1) is 11.4. The van der Waals surface area contributed by atoms with Gasteiger partial charge in [-0.1, -0.05) is 0 Å². The van der Waals surface area contributed by atoms with Crippen LogP contribution in [0.4, 0.5) is 14.5 Å². The summed E-state index contributed by atoms with van der Waals surface area (Å²) in [6.45, 7) is 0.0924. The van der Waals surface area contributed by atoms with Gasteiger partial charge in [-0.25, -0.2) is 0 Å². The van der Waals surface area contributed by atoms with E-state index in [1.807, 2.05) is 0 Å². The zero-order valence-electron chi connectivity index (χ0n) is 7.80. The van der Waals surface area contributed by atoms with Crippen LogP contribution >= 0.6 is 22.6 Å². The van der Waals surface area contributed by atoms with Crippen molar-refractivity contribution < 1.29 is 23.0 Å². The molecule has 0 aliphatic carbocycles. The van der Waals surface area contributed by atoms with E-state index in [1.165, 1.54) is 12.1 Å². The van der Waals surface area contributed by atoms with Gasteiger partial charge in [0.25, 0.3) is 0 Å². The Hall–Kier alpha value is -1.12. The van der Waals surface area contributed by atoms with Crippen LogP contribution in [0.1, 0.15) is 0 Å². The Morgan fingerprint density at radius 2 is 2.06 bits per heavy atom. The summed E-state index contributed by atoms with van der Waals surface area (Å²) in [5.41, 5.74) is 0.241. The number of hydrogen-bond donors (Lipinski definition) is 1. The number of nitrogens with one attached hydrogen (secondary N) is 1. The van der Waals surface area contributed by atoms with Crippen LogP contribution in [0.5, 0.6) is 11.5 Å². The molecule has 0 saturated heterocycles. The topological polar surface area (TPSA) is 47.6 Å². The molecule has 16 heavy (non-hydrogen) atoms. The number of carbonyl (C=O) groups is 1. The summed E-state index contributed by atoms with van der Waals surface area (Å²) in [6.07, 6.45) is 0. The van der Waals surface area contributed by atoms with Crippen molar-refractivity contribution in [3.05, 3.63) is 18.2 Å². The first-order valence-electron chi connectivity index (χ1n) is 4.24. The van der Waals surface area contributed by atoms with Gasteiger partial charge in [0.1, 0.15) is 0 Å². The highest BCUT2D eigenvalue weighted by molar-refractivity contribution is 14.1. The Balaban J connectivity index is 2.14. The molecule has 0 bridgehead atoms. The predicted octanol–water partition coefficient (Wildman–Crippen LogP) is 2.38. The first-order valence-corrected chi connectivity index (χ1v) is 5.32. The van der Waals surface area contributed by atoms with Gasteiger partial charge in [0.15, 0.2) is 11.5 Å². The molecule has 0 saturated carbocycles. The standard InChI is InChI=1S/C9H6F2INO3/c10-9(11,12)8(14)13-5-1-2-6-7(3-5)16-4-15-6/h1-3H,4H2,(H,13,14). The lowest BCUT2D eigenvalue weighted by atomic mass is 10.3. The normalized spacial score (nSPS) is 13.7. The maximum absolute atomic E-state index is 12.6. The van der Waals surface area contributed by atoms with E-state index >= 15 is 0 Å². The van der Waals surface area contributed by atoms with E-state index < -0.39 is 9.84 Å². The average molecular weight is 341 g/mol. The van der Waals surface area contributed by atoms with Crippen LogP contribution in [0.3, 0.4) is 0 Å². The quantitative estimate of drug-likeness (QED) is 0.664. The van der Waals surface area contributed by atoms with Crippen LogP contribution in [0.25, 0.3) is 0 Å². The first-order chi connectivity index (χ1) is 7.47. The largest absolute Gasteiger partial charge is 0.454 e. The highest BCUT2D eigenvalue weighted by Gasteiger charge is 2.34. The van der Waals surface area contributed by atoms with Crippen LogP contribution in [0.2, 0.25) is 0 Å². The maximum atomic E-state index is 12.6. The fourth-order valence-corrected chi connectivity index (χ4v) is 1.31. The van der Waals surface area contributed by atoms with E-state index in [0.717, 1.165) is 22.6 Å². The molecule has 1 heterocycles. The molecule has 1 N–H and O–H groups in total. The number of carbonyl (C=O) groups excluding carboxylic acids is 1. The second kappa shape index (κ2) is 4.04. The molecule has 0 unspecified atom stereocenters. The fourth-order valence-electron chi connectivity index (χ4n) is 1.18. The van der Waals surface area contributed by atoms with Crippen molar-refractivity contribution in [2.75, 3.05) is 12.1 Å². The number of halogens is 3. The summed E-state index contributed by atoms with van der Waals surface area (Å²) in [7, 11) is 0. The van der Waals surface area contributed by atoms with Gasteiger partial charge in [-0.3, -0.25) is 4.79 Å². The van der Waals surface area contributed by atoms with Crippen LogP contribution < -0.4 is 14.8 Å². The molecular weight excluding hydrogens is 335 g/mol. The minimum absolute atomic E-state index is 0.0924. The summed E-state index contributed by atoms with van der Waals surface area (Å²) in [6, 6.07) is 4.44. The minimum atomic E-state index is -3.44. The van der Waals surface area contributed by atoms with Crippen molar-refractivity contribution in [1.82, 2.24) is 0 Å². The number of alkyl halides is 3. The number of benzene rings is 1. The second-order valence-corrected chi connectivity index (χ2v) is 4.37. The van der Waals surface area contributed by atoms with E-state index in [9.17, 15) is 13.6 Å². The van der Waals surface area contributed by atoms with Crippen LogP contribution in [0, 0.1) is 0 Å². The molecule has 4 nitrogen and oxygen atoms in total. The summed E-state index contributed by atoms with van der Waals surface area (Å²) in [5, 5.41) is 2.08. The zero-order valence-corrected chi connectivity index (χ0v) is 9.96. The Bertz CT molecular complexity index is 433. The highest BCUT2D eigenvalue weighted by Crippen LogP contribution is 2.34. The van der Waals surface area contributed by atoms with E-state index in [1.54, 1.807) is 6.07 Å². The number of rotatable bonds is 2. The second-order valence-electron chi connectivity index (χ2n) is 3.02. The van der Waals surface area contributed by atoms with Crippen LogP contribution in [-0.4, -0.2) is 16.6 Å².